The van der Waals surface area contributed by atoms with Crippen LogP contribution in [0.5, 0.6) is 5.75 Å². The summed E-state index contributed by atoms with van der Waals surface area (Å²) in [6.07, 6.45) is -2.70. The molecule has 0 aliphatic heterocycles. The minimum atomic E-state index is -1.66. The van der Waals surface area contributed by atoms with Crippen LogP contribution >= 0.6 is 0 Å². The fourth-order valence-electron chi connectivity index (χ4n) is 0.741. The molecule has 0 amide bonds. The normalized spacial score (nSPS) is 11.8. The molecule has 0 aromatic heterocycles. The SMILES string of the molecule is CC(F)OC(=O)Oc1ccccc1. The number of alkyl halides is 1. The number of hydrogen-bond acceptors (Lipinski definition) is 3. The van der Waals surface area contributed by atoms with Crippen LogP contribution in [0.15, 0.2) is 30.3 Å². The summed E-state index contributed by atoms with van der Waals surface area (Å²) in [7, 11) is 0. The number of para-hydroxylation sites is 1. The topological polar surface area (TPSA) is 35.5 Å². The van der Waals surface area contributed by atoms with Crippen molar-refractivity contribution in [2.24, 2.45) is 0 Å². The van der Waals surface area contributed by atoms with Crippen molar-refractivity contribution in [2.75, 3.05) is 0 Å². The van der Waals surface area contributed by atoms with Gasteiger partial charge in [-0.1, -0.05) is 18.2 Å². The summed E-state index contributed by atoms with van der Waals surface area (Å²) < 4.78 is 20.9. The van der Waals surface area contributed by atoms with Gasteiger partial charge in [0.1, 0.15) is 5.75 Å². The second-order valence-electron chi connectivity index (χ2n) is 2.33. The number of halogens is 1. The van der Waals surface area contributed by atoms with Crippen LogP contribution in [0.1, 0.15) is 6.92 Å². The Labute approximate surface area is 75.1 Å². The van der Waals surface area contributed by atoms with Gasteiger partial charge >= 0.3 is 6.16 Å². The molecule has 0 N–H and O–H groups in total. The van der Waals surface area contributed by atoms with Crippen LogP contribution in [-0.4, -0.2) is 12.5 Å². The van der Waals surface area contributed by atoms with E-state index in [1.54, 1.807) is 30.3 Å². The van der Waals surface area contributed by atoms with E-state index in [-0.39, 0.29) is 0 Å². The number of ether oxygens (including phenoxy) is 2. The Kier molecular flexibility index (Phi) is 3.25. The summed E-state index contributed by atoms with van der Waals surface area (Å²) in [6.45, 7) is 1.10. The van der Waals surface area contributed by atoms with Crippen molar-refractivity contribution < 1.29 is 18.7 Å². The lowest BCUT2D eigenvalue weighted by Gasteiger charge is -2.05. The Morgan fingerprint density at radius 2 is 2.00 bits per heavy atom. The Bertz CT molecular complexity index is 271. The summed E-state index contributed by atoms with van der Waals surface area (Å²) >= 11 is 0. The van der Waals surface area contributed by atoms with Gasteiger partial charge in [0.15, 0.2) is 0 Å². The Morgan fingerprint density at radius 1 is 1.38 bits per heavy atom. The molecule has 1 aromatic rings. The number of hydrogen-bond donors (Lipinski definition) is 0. The molecule has 0 spiro atoms. The highest BCUT2D eigenvalue weighted by atomic mass is 19.1. The van der Waals surface area contributed by atoms with Gasteiger partial charge in [0.25, 0.3) is 0 Å². The number of benzene rings is 1. The van der Waals surface area contributed by atoms with Crippen LogP contribution in [-0.2, 0) is 4.74 Å². The molecule has 0 aliphatic rings. The first kappa shape index (κ1) is 9.51. The molecule has 1 rings (SSSR count). The average molecular weight is 184 g/mol. The maximum Gasteiger partial charge on any atom is 0.516 e. The van der Waals surface area contributed by atoms with Crippen LogP contribution in [0.3, 0.4) is 0 Å². The summed E-state index contributed by atoms with van der Waals surface area (Å²) in [4.78, 5) is 10.7. The molecule has 0 saturated heterocycles. The van der Waals surface area contributed by atoms with Gasteiger partial charge in [-0.2, -0.15) is 0 Å². The largest absolute Gasteiger partial charge is 0.516 e. The molecule has 0 heterocycles. The van der Waals surface area contributed by atoms with E-state index in [4.69, 9.17) is 0 Å². The summed E-state index contributed by atoms with van der Waals surface area (Å²) in [5, 5.41) is 0. The van der Waals surface area contributed by atoms with E-state index in [2.05, 4.69) is 9.47 Å². The first-order chi connectivity index (χ1) is 6.18. The van der Waals surface area contributed by atoms with Crippen molar-refractivity contribution >= 4 is 6.16 Å². The van der Waals surface area contributed by atoms with Crippen molar-refractivity contribution in [3.8, 4) is 5.75 Å². The van der Waals surface area contributed by atoms with E-state index in [0.29, 0.717) is 5.75 Å². The second kappa shape index (κ2) is 4.45. The van der Waals surface area contributed by atoms with Crippen molar-refractivity contribution in [3.05, 3.63) is 30.3 Å². The zero-order valence-electron chi connectivity index (χ0n) is 7.07. The molecule has 0 aliphatic carbocycles. The van der Waals surface area contributed by atoms with Crippen molar-refractivity contribution in [3.63, 3.8) is 0 Å². The average Bonchev–Trinajstić information content (AvgIpc) is 2.04. The molecule has 4 heteroatoms. The zero-order chi connectivity index (χ0) is 9.68. The van der Waals surface area contributed by atoms with Crippen molar-refractivity contribution in [1.82, 2.24) is 0 Å². The second-order valence-corrected chi connectivity index (χ2v) is 2.33. The fraction of sp³-hybridized carbons (Fsp3) is 0.222. The van der Waals surface area contributed by atoms with E-state index in [1.807, 2.05) is 0 Å². The predicted molar refractivity (Wildman–Crippen MR) is 44.1 cm³/mol. The highest BCUT2D eigenvalue weighted by Gasteiger charge is 2.09. The summed E-state index contributed by atoms with van der Waals surface area (Å²) in [5.41, 5.74) is 0. The molecular weight excluding hydrogens is 175 g/mol. The van der Waals surface area contributed by atoms with Crippen LogP contribution in [0.25, 0.3) is 0 Å². The van der Waals surface area contributed by atoms with Crippen LogP contribution in [0.2, 0.25) is 0 Å². The lowest BCUT2D eigenvalue weighted by molar-refractivity contribution is 0.00195. The number of carbonyl (C=O) groups is 1. The van der Waals surface area contributed by atoms with Gasteiger partial charge in [-0.05, 0) is 12.1 Å². The van der Waals surface area contributed by atoms with E-state index >= 15 is 0 Å². The maximum absolute atomic E-state index is 12.1. The zero-order valence-corrected chi connectivity index (χ0v) is 7.07. The third kappa shape index (κ3) is 3.55. The van der Waals surface area contributed by atoms with Crippen molar-refractivity contribution in [2.45, 2.75) is 13.3 Å². The van der Waals surface area contributed by atoms with Gasteiger partial charge in [0.2, 0.25) is 6.36 Å². The number of carbonyl (C=O) groups excluding carboxylic acids is 1. The maximum atomic E-state index is 12.1. The van der Waals surface area contributed by atoms with Gasteiger partial charge in [-0.15, -0.1) is 0 Å². The lowest BCUT2D eigenvalue weighted by Crippen LogP contribution is -2.14. The highest BCUT2D eigenvalue weighted by Crippen LogP contribution is 2.09. The third-order valence-corrected chi connectivity index (χ3v) is 1.20. The molecule has 3 nitrogen and oxygen atoms in total. The third-order valence-electron chi connectivity index (χ3n) is 1.20. The molecule has 1 aromatic carbocycles. The Balaban J connectivity index is 2.46. The van der Waals surface area contributed by atoms with Gasteiger partial charge in [-0.25, -0.2) is 9.18 Å². The Hall–Kier alpha value is -1.58. The van der Waals surface area contributed by atoms with Gasteiger partial charge in [0.05, 0.1) is 0 Å². The highest BCUT2D eigenvalue weighted by molar-refractivity contribution is 5.63. The molecule has 0 fully saturated rings. The standard InChI is InChI=1S/C9H9FO3/c1-7(10)12-9(11)13-8-5-3-2-4-6-8/h2-7H,1H3. The molecule has 1 unspecified atom stereocenters. The smallest absolute Gasteiger partial charge is 0.400 e. The molecular formula is C9H9FO3. The van der Waals surface area contributed by atoms with Crippen LogP contribution in [0.4, 0.5) is 9.18 Å². The van der Waals surface area contributed by atoms with Gasteiger partial charge < -0.3 is 9.47 Å². The first-order valence-electron chi connectivity index (χ1n) is 3.76. The molecule has 1 atom stereocenters. The number of rotatable bonds is 2. The van der Waals surface area contributed by atoms with E-state index in [9.17, 15) is 9.18 Å². The van der Waals surface area contributed by atoms with Crippen molar-refractivity contribution in [1.29, 1.82) is 0 Å². The quantitative estimate of drug-likeness (QED) is 0.523. The van der Waals surface area contributed by atoms with Gasteiger partial charge in [0, 0.05) is 6.92 Å². The van der Waals surface area contributed by atoms with E-state index in [1.165, 1.54) is 0 Å². The molecule has 70 valence electrons. The van der Waals surface area contributed by atoms with E-state index in [0.717, 1.165) is 6.92 Å². The Morgan fingerprint density at radius 3 is 2.54 bits per heavy atom. The summed E-state index contributed by atoms with van der Waals surface area (Å²) in [6, 6.07) is 8.31. The lowest BCUT2D eigenvalue weighted by atomic mass is 10.3. The van der Waals surface area contributed by atoms with Crippen LogP contribution in [0, 0.1) is 0 Å². The monoisotopic (exact) mass is 184 g/mol. The first-order valence-corrected chi connectivity index (χ1v) is 3.76. The fourth-order valence-corrected chi connectivity index (χ4v) is 0.741. The molecule has 0 bridgehead atoms. The molecule has 0 saturated carbocycles. The van der Waals surface area contributed by atoms with Gasteiger partial charge in [-0.3, -0.25) is 0 Å². The predicted octanol–water partition coefficient (Wildman–Crippen LogP) is 2.52. The van der Waals surface area contributed by atoms with Crippen LogP contribution < -0.4 is 4.74 Å². The minimum absolute atomic E-state index is 0.327. The minimum Gasteiger partial charge on any atom is -0.400 e. The molecule has 0 radical (unpaired) electrons. The van der Waals surface area contributed by atoms with E-state index < -0.39 is 12.5 Å². The summed E-state index contributed by atoms with van der Waals surface area (Å²) in [5.74, 6) is 0.327. The molecule has 13 heavy (non-hydrogen) atoms.